The molecule has 0 aliphatic rings. The highest BCUT2D eigenvalue weighted by Gasteiger charge is 2.20. The second-order valence-electron chi connectivity index (χ2n) is 14.6. The first-order valence-electron chi connectivity index (χ1n) is 20.1. The number of thiophene rings is 2. The zero-order chi connectivity index (χ0) is 40.7. The number of hydrogen-bond donors (Lipinski definition) is 1. The number of allylic oxidation sites excluding steroid dienone is 4. The van der Waals surface area contributed by atoms with Gasteiger partial charge in [0.05, 0.1) is 10.4 Å². The van der Waals surface area contributed by atoms with Crippen molar-refractivity contribution in [1.29, 1.82) is 0 Å². The number of phenols is 1. The smallest absolute Gasteiger partial charge is 0.118 e. The van der Waals surface area contributed by atoms with Crippen LogP contribution in [-0.4, -0.2) is 5.11 Å². The topological polar surface area (TPSA) is 23.5 Å². The first-order chi connectivity index (χ1) is 28.9. The number of hydrogen-bond acceptors (Lipinski definition) is 4. The Hall–Kier alpha value is -6.46. The van der Waals surface area contributed by atoms with E-state index in [9.17, 15) is 5.11 Å². The molecule has 2 nitrogen and oxygen atoms in total. The van der Waals surface area contributed by atoms with Crippen molar-refractivity contribution >= 4 is 90.9 Å². The largest absolute Gasteiger partial charge is 0.508 e. The molecule has 2 heterocycles. The first-order valence-corrected chi connectivity index (χ1v) is 21.7. The van der Waals surface area contributed by atoms with Crippen LogP contribution in [-0.2, 0) is 0 Å². The molecule has 0 fully saturated rings. The summed E-state index contributed by atoms with van der Waals surface area (Å²) >= 11 is 3.62. The summed E-state index contributed by atoms with van der Waals surface area (Å²) in [7, 11) is 0. The molecule has 0 saturated heterocycles. The van der Waals surface area contributed by atoms with Gasteiger partial charge in [-0.1, -0.05) is 127 Å². The highest BCUT2D eigenvalue weighted by atomic mass is 32.1. The maximum Gasteiger partial charge on any atom is 0.118 e. The van der Waals surface area contributed by atoms with Gasteiger partial charge in [0.15, 0.2) is 0 Å². The lowest BCUT2D eigenvalue weighted by Gasteiger charge is -2.26. The normalized spacial score (nSPS) is 11.4. The molecule has 0 bridgehead atoms. The minimum absolute atomic E-state index is 0.255. The van der Waals surface area contributed by atoms with Crippen molar-refractivity contribution in [2.24, 2.45) is 0 Å². The van der Waals surface area contributed by atoms with Crippen LogP contribution in [0.2, 0.25) is 0 Å². The summed E-state index contributed by atoms with van der Waals surface area (Å²) in [6.45, 7) is 8.30. The third kappa shape index (κ3) is 8.56. The highest BCUT2D eigenvalue weighted by Crippen LogP contribution is 2.48. The minimum Gasteiger partial charge on any atom is -0.508 e. The molecule has 0 saturated carbocycles. The van der Waals surface area contributed by atoms with E-state index in [-0.39, 0.29) is 5.75 Å². The van der Waals surface area contributed by atoms with E-state index in [0.717, 1.165) is 39.0 Å². The zero-order valence-electron chi connectivity index (χ0n) is 33.9. The molecule has 8 aromatic carbocycles. The van der Waals surface area contributed by atoms with Gasteiger partial charge in [-0.05, 0) is 128 Å². The molecular formula is C55H47NOS2. The number of para-hydroxylation sites is 1. The van der Waals surface area contributed by atoms with Gasteiger partial charge < -0.3 is 10.0 Å². The molecule has 10 rings (SSSR count). The van der Waals surface area contributed by atoms with Gasteiger partial charge in [0.25, 0.3) is 0 Å². The van der Waals surface area contributed by atoms with Crippen molar-refractivity contribution < 1.29 is 5.11 Å². The molecule has 0 spiro atoms. The van der Waals surface area contributed by atoms with Crippen molar-refractivity contribution in [3.8, 4) is 16.9 Å². The molecule has 10 aromatic rings. The van der Waals surface area contributed by atoms with Crippen molar-refractivity contribution in [1.82, 2.24) is 0 Å². The van der Waals surface area contributed by atoms with Crippen molar-refractivity contribution in [2.45, 2.75) is 34.1 Å². The average Bonchev–Trinajstić information content (AvgIpc) is 3.83. The number of benzene rings is 8. The van der Waals surface area contributed by atoms with Gasteiger partial charge >= 0.3 is 0 Å². The van der Waals surface area contributed by atoms with Gasteiger partial charge in [0.1, 0.15) is 5.75 Å². The summed E-state index contributed by atoms with van der Waals surface area (Å²) in [6, 6.07) is 59.8. The molecule has 0 aliphatic heterocycles. The number of nitrogens with zero attached hydrogens (tertiary/aromatic N) is 1. The average molecular weight is 802 g/mol. The standard InChI is InChI=1S/C40H25NOS2.C8H10.C7H12/c42-31-23-35-34-22-28(27-15-18-38-33(21-27)32-12-6-7-13-37(32)43-38)16-19-39(34)44-40(35)36(24-31)41(29-10-2-1-3-11-29)30-17-14-25-8-4-5-9-26(25)20-30;1-7-5-3-4-6-8(7)2;1-3-5-7-6-4-2/h1-24,42H;3-6H,1-2H3;3-6H,7H2,1-2H3/b;;5-3-,6-4+. The Bertz CT molecular complexity index is 3060. The second kappa shape index (κ2) is 18.0. The van der Waals surface area contributed by atoms with Crippen LogP contribution in [0, 0.1) is 13.8 Å². The van der Waals surface area contributed by atoms with Crippen molar-refractivity contribution in [2.75, 3.05) is 4.90 Å². The predicted octanol–water partition coefficient (Wildman–Crippen LogP) is 17.3. The fraction of sp³-hybridized carbons (Fsp3) is 0.0909. The Morgan fingerprint density at radius 2 is 1.05 bits per heavy atom. The summed E-state index contributed by atoms with van der Waals surface area (Å²) in [4.78, 5) is 2.26. The van der Waals surface area contributed by atoms with Gasteiger partial charge in [-0.2, -0.15) is 0 Å². The maximum absolute atomic E-state index is 11.2. The van der Waals surface area contributed by atoms with Crippen molar-refractivity contribution in [3.63, 3.8) is 0 Å². The van der Waals surface area contributed by atoms with E-state index < -0.39 is 0 Å². The number of anilines is 3. The highest BCUT2D eigenvalue weighted by molar-refractivity contribution is 7.26. The van der Waals surface area contributed by atoms with Crippen LogP contribution in [0.5, 0.6) is 5.75 Å². The fourth-order valence-electron chi connectivity index (χ4n) is 7.43. The van der Waals surface area contributed by atoms with E-state index in [0.29, 0.717) is 0 Å². The quantitative estimate of drug-likeness (QED) is 0.169. The Morgan fingerprint density at radius 3 is 1.73 bits per heavy atom. The van der Waals surface area contributed by atoms with E-state index in [1.807, 2.05) is 43.4 Å². The first kappa shape index (κ1) is 39.4. The summed E-state index contributed by atoms with van der Waals surface area (Å²) < 4.78 is 4.97. The molecule has 0 unspecified atom stereocenters. The minimum atomic E-state index is 0.255. The lowest BCUT2D eigenvalue weighted by Crippen LogP contribution is -2.10. The van der Waals surface area contributed by atoms with Gasteiger partial charge in [-0.25, -0.2) is 0 Å². The molecule has 0 aliphatic carbocycles. The monoisotopic (exact) mass is 801 g/mol. The van der Waals surface area contributed by atoms with Crippen LogP contribution >= 0.6 is 22.7 Å². The Kier molecular flexibility index (Phi) is 12.0. The SMILES string of the molecule is C/C=C\C/C=C/C.Cc1ccccc1C.Oc1cc(N(c2ccccc2)c2ccc3ccccc3c2)c2sc3ccc(-c4ccc5sc6ccccc6c5c4)cc3c2c1. The summed E-state index contributed by atoms with van der Waals surface area (Å²) in [5.41, 5.74) is 8.18. The molecular weight excluding hydrogens is 755 g/mol. The third-order valence-electron chi connectivity index (χ3n) is 10.7. The Labute approximate surface area is 355 Å². The lowest BCUT2D eigenvalue weighted by molar-refractivity contribution is 0.476. The van der Waals surface area contributed by atoms with Crippen LogP contribution in [0.1, 0.15) is 31.4 Å². The van der Waals surface area contributed by atoms with E-state index in [1.165, 1.54) is 57.9 Å². The van der Waals surface area contributed by atoms with Gasteiger partial charge in [-0.3, -0.25) is 0 Å². The third-order valence-corrected chi connectivity index (χ3v) is 13.0. The summed E-state index contributed by atoms with van der Waals surface area (Å²) in [6.07, 6.45) is 9.44. The second-order valence-corrected chi connectivity index (χ2v) is 16.8. The number of fused-ring (bicyclic) bond motifs is 7. The Balaban J connectivity index is 0.000000274. The molecule has 4 heteroatoms. The van der Waals surface area contributed by atoms with Crippen LogP contribution < -0.4 is 4.90 Å². The molecule has 290 valence electrons. The van der Waals surface area contributed by atoms with Gasteiger partial charge in [-0.15, -0.1) is 22.7 Å². The number of aryl methyl sites for hydroxylation is 2. The maximum atomic E-state index is 11.2. The summed E-state index contributed by atoms with van der Waals surface area (Å²) in [5.74, 6) is 0.255. The number of aromatic hydroxyl groups is 1. The number of phenolic OH excluding ortho intramolecular Hbond substituents is 1. The van der Waals surface area contributed by atoms with E-state index in [1.54, 1.807) is 11.3 Å². The molecule has 59 heavy (non-hydrogen) atoms. The zero-order valence-corrected chi connectivity index (χ0v) is 35.5. The molecule has 0 amide bonds. The fourth-order valence-corrected chi connectivity index (χ4v) is 9.69. The molecule has 0 atom stereocenters. The molecule has 0 radical (unpaired) electrons. The summed E-state index contributed by atoms with van der Waals surface area (Å²) in [5, 5.41) is 18.4. The van der Waals surface area contributed by atoms with Crippen LogP contribution in [0.3, 0.4) is 0 Å². The Morgan fingerprint density at radius 1 is 0.475 bits per heavy atom. The van der Waals surface area contributed by atoms with Crippen molar-refractivity contribution in [3.05, 3.63) is 205 Å². The van der Waals surface area contributed by atoms with Crippen LogP contribution in [0.15, 0.2) is 194 Å². The van der Waals surface area contributed by atoms with Gasteiger partial charge in [0.2, 0.25) is 0 Å². The molecule has 1 N–H and O–H groups in total. The van der Waals surface area contributed by atoms with E-state index in [4.69, 9.17) is 0 Å². The van der Waals surface area contributed by atoms with E-state index >= 15 is 0 Å². The van der Waals surface area contributed by atoms with Gasteiger partial charge in [0, 0.05) is 53.1 Å². The predicted molar refractivity (Wildman–Crippen MR) is 262 cm³/mol. The van der Waals surface area contributed by atoms with Crippen LogP contribution in [0.4, 0.5) is 17.1 Å². The van der Waals surface area contributed by atoms with Crippen LogP contribution in [0.25, 0.3) is 62.2 Å². The number of rotatable bonds is 6. The van der Waals surface area contributed by atoms with E-state index in [2.05, 4.69) is 195 Å². The molecule has 2 aromatic heterocycles. The lowest BCUT2D eigenvalue weighted by atomic mass is 10.0.